The zero-order valence-electron chi connectivity index (χ0n) is 14.9. The van der Waals surface area contributed by atoms with E-state index in [1.807, 2.05) is 61.5 Å². The average molecular weight is 348 g/mol. The van der Waals surface area contributed by atoms with E-state index in [-0.39, 0.29) is 17.7 Å². The van der Waals surface area contributed by atoms with Crippen molar-refractivity contribution in [3.05, 3.63) is 65.0 Å². The second kappa shape index (κ2) is 6.81. The van der Waals surface area contributed by atoms with Gasteiger partial charge in [-0.2, -0.15) is 5.26 Å². The van der Waals surface area contributed by atoms with Gasteiger partial charge in [0.1, 0.15) is 17.4 Å². The Morgan fingerprint density at radius 2 is 1.92 bits per heavy atom. The average Bonchev–Trinajstić information content (AvgIpc) is 2.60. The van der Waals surface area contributed by atoms with Gasteiger partial charge >= 0.3 is 0 Å². The van der Waals surface area contributed by atoms with Crippen LogP contribution >= 0.6 is 0 Å². The monoisotopic (exact) mass is 348 g/mol. The Morgan fingerprint density at radius 1 is 1.23 bits per heavy atom. The van der Waals surface area contributed by atoms with Gasteiger partial charge in [0.25, 0.3) is 0 Å². The van der Waals surface area contributed by atoms with Crippen LogP contribution in [-0.2, 0) is 4.79 Å². The highest BCUT2D eigenvalue weighted by atomic mass is 16.5. The summed E-state index contributed by atoms with van der Waals surface area (Å²) in [5.74, 6) is 0.314. The number of anilines is 2. The predicted molar refractivity (Wildman–Crippen MR) is 101 cm³/mol. The van der Waals surface area contributed by atoms with E-state index in [1.165, 1.54) is 6.92 Å². The van der Waals surface area contributed by atoms with E-state index in [0.29, 0.717) is 17.0 Å². The van der Waals surface area contributed by atoms with Crippen molar-refractivity contribution in [2.75, 3.05) is 24.3 Å². The molecule has 0 radical (unpaired) electrons. The van der Waals surface area contributed by atoms with Crippen LogP contribution in [0.15, 0.2) is 53.9 Å². The molecule has 0 saturated carbocycles. The number of fused-ring (bicyclic) bond motifs is 1. The number of nitrogens with two attached hydrogens (primary N) is 1. The third-order valence-electron chi connectivity index (χ3n) is 4.28. The van der Waals surface area contributed by atoms with Crippen LogP contribution in [0.5, 0.6) is 5.75 Å². The standard InChI is InChI=1S/C20H20N4O2/c1-12(25)23-14-6-4-13(5-7-14)19-16-9-8-15(24(2)3)10-18(16)26-20(22)17(19)11-21/h4-10,19H,22H2,1-3H3,(H,23,25)/t19-/m0/s1. The predicted octanol–water partition coefficient (Wildman–Crippen LogP) is 2.93. The molecule has 1 aliphatic heterocycles. The van der Waals surface area contributed by atoms with Crippen LogP contribution in [0.1, 0.15) is 24.0 Å². The van der Waals surface area contributed by atoms with Crippen molar-refractivity contribution in [2.24, 2.45) is 5.73 Å². The number of amides is 1. The fourth-order valence-electron chi connectivity index (χ4n) is 3.03. The summed E-state index contributed by atoms with van der Waals surface area (Å²) in [6, 6.07) is 15.4. The van der Waals surface area contributed by atoms with E-state index in [0.717, 1.165) is 16.8 Å². The summed E-state index contributed by atoms with van der Waals surface area (Å²) in [6.45, 7) is 1.46. The summed E-state index contributed by atoms with van der Waals surface area (Å²) >= 11 is 0. The maximum atomic E-state index is 11.2. The molecule has 0 saturated heterocycles. The van der Waals surface area contributed by atoms with Crippen LogP contribution in [0, 0.1) is 11.3 Å². The van der Waals surface area contributed by atoms with Crippen LogP contribution in [0.2, 0.25) is 0 Å². The number of ether oxygens (including phenoxy) is 1. The Morgan fingerprint density at radius 3 is 2.50 bits per heavy atom. The number of carbonyl (C=O) groups is 1. The molecule has 3 rings (SSSR count). The number of hydrogen-bond acceptors (Lipinski definition) is 5. The number of nitrogens with zero attached hydrogens (tertiary/aromatic N) is 2. The fraction of sp³-hybridized carbons (Fsp3) is 0.200. The van der Waals surface area contributed by atoms with Gasteiger partial charge in [-0.3, -0.25) is 4.79 Å². The van der Waals surface area contributed by atoms with E-state index in [4.69, 9.17) is 10.5 Å². The highest BCUT2D eigenvalue weighted by Crippen LogP contribution is 2.43. The van der Waals surface area contributed by atoms with Crippen molar-refractivity contribution >= 4 is 17.3 Å². The lowest BCUT2D eigenvalue weighted by molar-refractivity contribution is -0.114. The molecule has 0 spiro atoms. The largest absolute Gasteiger partial charge is 0.440 e. The summed E-state index contributed by atoms with van der Waals surface area (Å²) < 4.78 is 5.71. The van der Waals surface area contributed by atoms with Crippen molar-refractivity contribution in [1.82, 2.24) is 0 Å². The Labute approximate surface area is 152 Å². The van der Waals surface area contributed by atoms with Gasteiger partial charge in [-0.05, 0) is 23.8 Å². The summed E-state index contributed by atoms with van der Waals surface area (Å²) in [5, 5.41) is 12.3. The normalized spacial score (nSPS) is 15.5. The number of allylic oxidation sites excluding steroid dienone is 1. The first-order valence-corrected chi connectivity index (χ1v) is 8.17. The molecule has 0 fully saturated rings. The van der Waals surface area contributed by atoms with E-state index < -0.39 is 0 Å². The second-order valence-corrected chi connectivity index (χ2v) is 6.34. The molecule has 132 valence electrons. The lowest BCUT2D eigenvalue weighted by Crippen LogP contribution is -2.21. The van der Waals surface area contributed by atoms with Gasteiger partial charge in [0.2, 0.25) is 11.8 Å². The van der Waals surface area contributed by atoms with Crippen molar-refractivity contribution < 1.29 is 9.53 Å². The van der Waals surface area contributed by atoms with E-state index in [1.54, 1.807) is 0 Å². The lowest BCUT2D eigenvalue weighted by atomic mass is 9.83. The molecule has 26 heavy (non-hydrogen) atoms. The number of carbonyl (C=O) groups excluding carboxylic acids is 1. The minimum atomic E-state index is -0.314. The number of nitriles is 1. The van der Waals surface area contributed by atoms with E-state index in [2.05, 4.69) is 11.4 Å². The maximum Gasteiger partial charge on any atom is 0.221 e. The Bertz CT molecular complexity index is 924. The first kappa shape index (κ1) is 17.4. The number of rotatable bonds is 3. The van der Waals surface area contributed by atoms with Gasteiger partial charge in [-0.1, -0.05) is 18.2 Å². The number of hydrogen-bond donors (Lipinski definition) is 2. The quantitative estimate of drug-likeness (QED) is 0.890. The molecule has 1 heterocycles. The van der Waals surface area contributed by atoms with Crippen LogP contribution < -0.4 is 20.7 Å². The molecule has 2 aromatic carbocycles. The molecule has 6 nitrogen and oxygen atoms in total. The summed E-state index contributed by atoms with van der Waals surface area (Å²) in [4.78, 5) is 13.2. The molecule has 0 aromatic heterocycles. The van der Waals surface area contributed by atoms with Crippen LogP contribution in [0.25, 0.3) is 0 Å². The first-order valence-electron chi connectivity index (χ1n) is 8.17. The van der Waals surface area contributed by atoms with Crippen molar-refractivity contribution in [3.8, 4) is 11.8 Å². The molecule has 1 atom stereocenters. The van der Waals surface area contributed by atoms with Gasteiger partial charge in [0.15, 0.2) is 0 Å². The van der Waals surface area contributed by atoms with Gasteiger partial charge in [-0.25, -0.2) is 0 Å². The summed E-state index contributed by atoms with van der Waals surface area (Å²) in [6.07, 6.45) is 0. The molecular weight excluding hydrogens is 328 g/mol. The van der Waals surface area contributed by atoms with E-state index in [9.17, 15) is 10.1 Å². The van der Waals surface area contributed by atoms with Gasteiger partial charge in [0, 0.05) is 44.0 Å². The van der Waals surface area contributed by atoms with Gasteiger partial charge < -0.3 is 20.7 Å². The molecule has 0 bridgehead atoms. The van der Waals surface area contributed by atoms with E-state index >= 15 is 0 Å². The van der Waals surface area contributed by atoms with Gasteiger partial charge in [-0.15, -0.1) is 0 Å². The minimum Gasteiger partial charge on any atom is -0.440 e. The minimum absolute atomic E-state index is 0.117. The second-order valence-electron chi connectivity index (χ2n) is 6.34. The topological polar surface area (TPSA) is 91.4 Å². The highest BCUT2D eigenvalue weighted by molar-refractivity contribution is 5.88. The fourth-order valence-corrected chi connectivity index (χ4v) is 3.03. The molecular formula is C20H20N4O2. The van der Waals surface area contributed by atoms with Crippen LogP contribution in [-0.4, -0.2) is 20.0 Å². The molecule has 2 aromatic rings. The third kappa shape index (κ3) is 3.20. The lowest BCUT2D eigenvalue weighted by Gasteiger charge is -2.27. The smallest absolute Gasteiger partial charge is 0.221 e. The van der Waals surface area contributed by atoms with Crippen LogP contribution in [0.3, 0.4) is 0 Å². The SMILES string of the molecule is CC(=O)Nc1ccc([C@@H]2C(C#N)=C(N)Oc3cc(N(C)C)ccc32)cc1. The Hall–Kier alpha value is -3.46. The highest BCUT2D eigenvalue weighted by Gasteiger charge is 2.30. The zero-order valence-corrected chi connectivity index (χ0v) is 14.9. The van der Waals surface area contributed by atoms with Crippen LogP contribution in [0.4, 0.5) is 11.4 Å². The van der Waals surface area contributed by atoms with Crippen molar-refractivity contribution in [2.45, 2.75) is 12.8 Å². The first-order chi connectivity index (χ1) is 12.4. The molecule has 6 heteroatoms. The Balaban J connectivity index is 2.07. The molecule has 1 aliphatic rings. The number of nitrogens with one attached hydrogen (secondary N) is 1. The maximum absolute atomic E-state index is 11.2. The molecule has 1 amide bonds. The molecule has 3 N–H and O–H groups in total. The van der Waals surface area contributed by atoms with Gasteiger partial charge in [0.05, 0.1) is 5.92 Å². The Kier molecular flexibility index (Phi) is 4.55. The van der Waals surface area contributed by atoms with Crippen molar-refractivity contribution in [1.29, 1.82) is 5.26 Å². The number of benzene rings is 2. The zero-order chi connectivity index (χ0) is 18.8. The summed E-state index contributed by atoms with van der Waals surface area (Å²) in [5.41, 5.74) is 9.87. The third-order valence-corrected chi connectivity index (χ3v) is 4.28. The van der Waals surface area contributed by atoms with Crippen molar-refractivity contribution in [3.63, 3.8) is 0 Å². The molecule has 0 unspecified atom stereocenters. The summed E-state index contributed by atoms with van der Waals surface area (Å²) in [7, 11) is 3.89. The molecule has 0 aliphatic carbocycles.